The first-order valence-corrected chi connectivity index (χ1v) is 7.33. The van der Waals surface area contributed by atoms with Crippen molar-refractivity contribution in [1.82, 2.24) is 4.90 Å². The molecule has 0 aromatic carbocycles. The summed E-state index contributed by atoms with van der Waals surface area (Å²) in [5.41, 5.74) is 5.96. The molecule has 0 amide bonds. The molecule has 1 heterocycles. The third-order valence-corrected chi connectivity index (χ3v) is 5.10. The largest absolute Gasteiger partial charge is 0.383 e. The van der Waals surface area contributed by atoms with E-state index in [2.05, 4.69) is 50.2 Å². The minimum absolute atomic E-state index is 0.113. The Balaban J connectivity index is 2.98. The number of methoxy groups -OCH3 is 1. The zero-order valence-electron chi connectivity index (χ0n) is 12.1. The fourth-order valence-corrected chi connectivity index (χ4v) is 3.30. The normalized spacial score (nSPS) is 17.1. The third-order valence-electron chi connectivity index (χ3n) is 4.06. The van der Waals surface area contributed by atoms with Crippen LogP contribution < -0.4 is 5.73 Å². The van der Waals surface area contributed by atoms with Crippen LogP contribution in [0.2, 0.25) is 0 Å². The summed E-state index contributed by atoms with van der Waals surface area (Å²) < 4.78 is 5.43. The number of rotatable bonds is 7. The van der Waals surface area contributed by atoms with Crippen molar-refractivity contribution >= 4 is 11.3 Å². The molecule has 0 aliphatic carbocycles. The molecule has 0 fully saturated rings. The Bertz CT molecular complexity index is 340. The number of hydrogen-bond acceptors (Lipinski definition) is 4. The maximum absolute atomic E-state index is 6.07. The molecule has 104 valence electrons. The molecule has 2 atom stereocenters. The van der Waals surface area contributed by atoms with Crippen molar-refractivity contribution in [2.75, 3.05) is 27.3 Å². The monoisotopic (exact) mass is 270 g/mol. The average molecular weight is 270 g/mol. The molecular weight excluding hydrogens is 244 g/mol. The molecule has 0 aliphatic heterocycles. The van der Waals surface area contributed by atoms with Gasteiger partial charge in [0.25, 0.3) is 0 Å². The van der Waals surface area contributed by atoms with E-state index < -0.39 is 0 Å². The van der Waals surface area contributed by atoms with Crippen LogP contribution in [0.3, 0.4) is 0 Å². The Labute approximate surface area is 115 Å². The molecule has 0 radical (unpaired) electrons. The Hall–Kier alpha value is -0.420. The number of likely N-dealkylation sites (N-methyl/N-ethyl adjacent to an activating group) is 1. The quantitative estimate of drug-likeness (QED) is 0.828. The zero-order valence-corrected chi connectivity index (χ0v) is 13.0. The van der Waals surface area contributed by atoms with Crippen molar-refractivity contribution in [3.63, 3.8) is 0 Å². The molecule has 1 rings (SSSR count). The highest BCUT2D eigenvalue weighted by molar-refractivity contribution is 7.10. The maximum atomic E-state index is 6.07. The van der Waals surface area contributed by atoms with Gasteiger partial charge in [-0.25, -0.2) is 0 Å². The van der Waals surface area contributed by atoms with Gasteiger partial charge < -0.3 is 10.5 Å². The molecule has 0 saturated carbocycles. The second-order valence-corrected chi connectivity index (χ2v) is 6.18. The van der Waals surface area contributed by atoms with E-state index in [1.54, 1.807) is 18.4 Å². The Morgan fingerprint density at radius 2 is 2.11 bits per heavy atom. The van der Waals surface area contributed by atoms with Gasteiger partial charge in [0, 0.05) is 24.6 Å². The minimum atomic E-state index is -0.113. The van der Waals surface area contributed by atoms with Crippen LogP contribution in [-0.2, 0) is 4.74 Å². The number of thiophene rings is 1. The van der Waals surface area contributed by atoms with Gasteiger partial charge in [-0.05, 0) is 31.3 Å². The van der Waals surface area contributed by atoms with E-state index in [1.165, 1.54) is 4.88 Å². The van der Waals surface area contributed by atoms with Crippen LogP contribution >= 0.6 is 11.3 Å². The first-order chi connectivity index (χ1) is 8.49. The van der Waals surface area contributed by atoms with Crippen LogP contribution in [0.4, 0.5) is 0 Å². The smallest absolute Gasteiger partial charge is 0.0661 e. The zero-order chi connectivity index (χ0) is 13.8. The summed E-state index contributed by atoms with van der Waals surface area (Å²) in [7, 11) is 3.90. The van der Waals surface area contributed by atoms with Crippen molar-refractivity contribution in [3.8, 4) is 0 Å². The molecule has 18 heavy (non-hydrogen) atoms. The molecule has 1 aromatic heterocycles. The summed E-state index contributed by atoms with van der Waals surface area (Å²) >= 11 is 1.79. The van der Waals surface area contributed by atoms with Crippen LogP contribution in [0.15, 0.2) is 17.5 Å². The van der Waals surface area contributed by atoms with Gasteiger partial charge in [0.2, 0.25) is 0 Å². The lowest BCUT2D eigenvalue weighted by Gasteiger charge is -2.46. The van der Waals surface area contributed by atoms with Gasteiger partial charge in [-0.3, -0.25) is 4.90 Å². The lowest BCUT2D eigenvalue weighted by atomic mass is 9.84. The van der Waals surface area contributed by atoms with Crippen LogP contribution in [-0.4, -0.2) is 37.7 Å². The lowest BCUT2D eigenvalue weighted by Crippen LogP contribution is -2.59. The Morgan fingerprint density at radius 3 is 2.50 bits per heavy atom. The van der Waals surface area contributed by atoms with E-state index in [1.807, 2.05) is 0 Å². The van der Waals surface area contributed by atoms with Gasteiger partial charge in [-0.1, -0.05) is 19.9 Å². The molecule has 2 unspecified atom stereocenters. The van der Waals surface area contributed by atoms with E-state index in [-0.39, 0.29) is 5.54 Å². The molecule has 0 aliphatic rings. The Morgan fingerprint density at radius 1 is 1.44 bits per heavy atom. The molecular formula is C14H26N2OS. The fraction of sp³-hybridized carbons (Fsp3) is 0.714. The van der Waals surface area contributed by atoms with Crippen LogP contribution in [0, 0.1) is 5.92 Å². The average Bonchev–Trinajstić information content (AvgIpc) is 2.87. The number of nitrogens with two attached hydrogens (primary N) is 1. The van der Waals surface area contributed by atoms with Crippen LogP contribution in [0.25, 0.3) is 0 Å². The van der Waals surface area contributed by atoms with Crippen molar-refractivity contribution in [3.05, 3.63) is 22.4 Å². The van der Waals surface area contributed by atoms with Gasteiger partial charge in [-0.2, -0.15) is 0 Å². The van der Waals surface area contributed by atoms with Gasteiger partial charge in [-0.15, -0.1) is 11.3 Å². The molecule has 3 nitrogen and oxygen atoms in total. The highest BCUT2D eigenvalue weighted by Gasteiger charge is 2.39. The standard InChI is InChI=1S/C14H26N2OS/c1-11(2)14(9-15,10-17-5)16(4)12(3)13-7-6-8-18-13/h6-8,11-12H,9-10,15H2,1-5H3. The first-order valence-electron chi connectivity index (χ1n) is 6.45. The van der Waals surface area contributed by atoms with Gasteiger partial charge in [0.15, 0.2) is 0 Å². The van der Waals surface area contributed by atoms with E-state index in [0.717, 1.165) is 0 Å². The molecule has 0 bridgehead atoms. The second kappa shape index (κ2) is 6.66. The summed E-state index contributed by atoms with van der Waals surface area (Å²) in [6.45, 7) is 7.92. The van der Waals surface area contributed by atoms with Gasteiger partial charge >= 0.3 is 0 Å². The van der Waals surface area contributed by atoms with Crippen LogP contribution in [0.1, 0.15) is 31.7 Å². The summed E-state index contributed by atoms with van der Waals surface area (Å²) in [4.78, 5) is 3.74. The molecule has 4 heteroatoms. The molecule has 1 aromatic rings. The topological polar surface area (TPSA) is 38.5 Å². The summed E-state index contributed by atoms with van der Waals surface area (Å²) in [6.07, 6.45) is 0. The summed E-state index contributed by atoms with van der Waals surface area (Å²) in [5.74, 6) is 0.440. The molecule has 0 spiro atoms. The maximum Gasteiger partial charge on any atom is 0.0661 e. The molecule has 0 saturated heterocycles. The fourth-order valence-electron chi connectivity index (χ4n) is 2.47. The first kappa shape index (κ1) is 15.6. The second-order valence-electron chi connectivity index (χ2n) is 5.20. The summed E-state index contributed by atoms with van der Waals surface area (Å²) in [5, 5.41) is 2.12. The predicted molar refractivity (Wildman–Crippen MR) is 79.0 cm³/mol. The van der Waals surface area contributed by atoms with E-state index >= 15 is 0 Å². The van der Waals surface area contributed by atoms with Crippen molar-refractivity contribution in [2.24, 2.45) is 11.7 Å². The number of ether oxygens (including phenoxy) is 1. The predicted octanol–water partition coefficient (Wildman–Crippen LogP) is 2.74. The van der Waals surface area contributed by atoms with Crippen molar-refractivity contribution in [2.45, 2.75) is 32.4 Å². The Kier molecular flexibility index (Phi) is 5.79. The minimum Gasteiger partial charge on any atom is -0.383 e. The van der Waals surface area contributed by atoms with Gasteiger partial charge in [0.05, 0.1) is 12.1 Å². The van der Waals surface area contributed by atoms with Crippen LogP contribution in [0.5, 0.6) is 0 Å². The number of hydrogen-bond donors (Lipinski definition) is 1. The van der Waals surface area contributed by atoms with E-state index in [9.17, 15) is 0 Å². The SMILES string of the molecule is COCC(CN)(C(C)C)N(C)C(C)c1cccs1. The highest BCUT2D eigenvalue weighted by atomic mass is 32.1. The van der Waals surface area contributed by atoms with Gasteiger partial charge in [0.1, 0.15) is 0 Å². The van der Waals surface area contributed by atoms with E-state index in [4.69, 9.17) is 10.5 Å². The number of nitrogens with zero attached hydrogens (tertiary/aromatic N) is 1. The van der Waals surface area contributed by atoms with Crippen molar-refractivity contribution in [1.29, 1.82) is 0 Å². The summed E-state index contributed by atoms with van der Waals surface area (Å²) in [6, 6.07) is 4.63. The van der Waals surface area contributed by atoms with Crippen molar-refractivity contribution < 1.29 is 4.74 Å². The lowest BCUT2D eigenvalue weighted by molar-refractivity contribution is -0.0207. The molecule has 2 N–H and O–H groups in total. The van der Waals surface area contributed by atoms with E-state index in [0.29, 0.717) is 25.1 Å². The third kappa shape index (κ3) is 2.94. The highest BCUT2D eigenvalue weighted by Crippen LogP contribution is 2.33.